The predicted molar refractivity (Wildman–Crippen MR) is 67.8 cm³/mol. The molecule has 0 aromatic carbocycles. The predicted octanol–water partition coefficient (Wildman–Crippen LogP) is 3.17. The molecule has 84 valence electrons. The molecule has 15 heavy (non-hydrogen) atoms. The molecule has 0 fully saturated rings. The summed E-state index contributed by atoms with van der Waals surface area (Å²) in [4.78, 5) is 6.63. The van der Waals surface area contributed by atoms with E-state index in [1.807, 2.05) is 12.1 Å². The summed E-state index contributed by atoms with van der Waals surface area (Å²) in [5.41, 5.74) is 0. The number of nitrogens with zero attached hydrogens (tertiary/aromatic N) is 2. The maximum absolute atomic E-state index is 5.81. The first kappa shape index (κ1) is 12.8. The van der Waals surface area contributed by atoms with Gasteiger partial charge in [0.15, 0.2) is 0 Å². The molecule has 0 aliphatic carbocycles. The lowest BCUT2D eigenvalue weighted by atomic mass is 10.5. The zero-order valence-electron chi connectivity index (χ0n) is 9.24. The van der Waals surface area contributed by atoms with Crippen LogP contribution in [0.1, 0.15) is 13.8 Å². The Morgan fingerprint density at radius 2 is 2.07 bits per heavy atom. The fourth-order valence-corrected chi connectivity index (χ4v) is 2.40. The van der Waals surface area contributed by atoms with Crippen LogP contribution in [0, 0.1) is 0 Å². The molecule has 0 saturated carbocycles. The highest BCUT2D eigenvalue weighted by Crippen LogP contribution is 2.17. The Bertz CT molecular complexity index is 290. The van der Waals surface area contributed by atoms with Crippen LogP contribution in [0.3, 0.4) is 0 Å². The minimum Gasteiger partial charge on any atom is -0.303 e. The van der Waals surface area contributed by atoms with Crippen LogP contribution in [0.15, 0.2) is 23.2 Å². The fraction of sp³-hybridized carbons (Fsp3) is 0.545. The molecule has 0 spiro atoms. The molecule has 1 heterocycles. The van der Waals surface area contributed by atoms with Gasteiger partial charge in [0.05, 0.1) is 5.03 Å². The van der Waals surface area contributed by atoms with Crippen molar-refractivity contribution >= 4 is 23.4 Å². The van der Waals surface area contributed by atoms with Gasteiger partial charge in [-0.3, -0.25) is 0 Å². The molecule has 0 amide bonds. The molecule has 0 N–H and O–H groups in total. The molecule has 1 aromatic rings. The molecule has 4 heteroatoms. The Morgan fingerprint density at radius 3 is 2.67 bits per heavy atom. The number of aromatic nitrogens is 1. The van der Waals surface area contributed by atoms with Crippen molar-refractivity contribution in [3.63, 3.8) is 0 Å². The van der Waals surface area contributed by atoms with Crippen molar-refractivity contribution in [1.82, 2.24) is 9.88 Å². The lowest BCUT2D eigenvalue weighted by molar-refractivity contribution is 0.324. The van der Waals surface area contributed by atoms with Crippen molar-refractivity contribution in [2.75, 3.05) is 25.4 Å². The van der Waals surface area contributed by atoms with Gasteiger partial charge in [0, 0.05) is 12.3 Å². The monoisotopic (exact) mass is 244 g/mol. The first-order valence-electron chi connectivity index (χ1n) is 5.24. The van der Waals surface area contributed by atoms with E-state index in [1.165, 1.54) is 0 Å². The molecule has 0 aliphatic heterocycles. The fourth-order valence-electron chi connectivity index (χ4n) is 1.29. The van der Waals surface area contributed by atoms with Crippen LogP contribution < -0.4 is 0 Å². The average molecular weight is 245 g/mol. The highest BCUT2D eigenvalue weighted by atomic mass is 35.5. The second kappa shape index (κ2) is 7.09. The van der Waals surface area contributed by atoms with Crippen LogP contribution in [0.25, 0.3) is 0 Å². The summed E-state index contributed by atoms with van der Waals surface area (Å²) >= 11 is 7.56. The van der Waals surface area contributed by atoms with Gasteiger partial charge >= 0.3 is 0 Å². The number of hydrogen-bond acceptors (Lipinski definition) is 3. The van der Waals surface area contributed by atoms with E-state index in [2.05, 4.69) is 23.7 Å². The van der Waals surface area contributed by atoms with Crippen LogP contribution in [0.5, 0.6) is 0 Å². The van der Waals surface area contributed by atoms with Crippen LogP contribution in [-0.4, -0.2) is 35.3 Å². The quantitative estimate of drug-likeness (QED) is 0.565. The van der Waals surface area contributed by atoms with Gasteiger partial charge in [-0.1, -0.05) is 31.5 Å². The lowest BCUT2D eigenvalue weighted by Gasteiger charge is -2.16. The van der Waals surface area contributed by atoms with Crippen molar-refractivity contribution in [1.29, 1.82) is 0 Å². The third-order valence-corrected chi connectivity index (χ3v) is 3.36. The zero-order chi connectivity index (χ0) is 11.1. The van der Waals surface area contributed by atoms with Crippen molar-refractivity contribution in [2.24, 2.45) is 0 Å². The van der Waals surface area contributed by atoms with Crippen molar-refractivity contribution in [3.8, 4) is 0 Å². The molecule has 0 aliphatic rings. The van der Waals surface area contributed by atoms with Crippen molar-refractivity contribution in [3.05, 3.63) is 23.4 Å². The smallest absolute Gasteiger partial charge is 0.130 e. The minimum absolute atomic E-state index is 0.572. The van der Waals surface area contributed by atoms with E-state index in [4.69, 9.17) is 11.6 Å². The average Bonchev–Trinajstić information content (AvgIpc) is 2.25. The summed E-state index contributed by atoms with van der Waals surface area (Å²) in [5, 5.41) is 1.58. The van der Waals surface area contributed by atoms with Gasteiger partial charge < -0.3 is 4.90 Å². The third kappa shape index (κ3) is 4.87. The molecule has 0 unspecified atom stereocenters. The molecule has 0 bridgehead atoms. The van der Waals surface area contributed by atoms with E-state index in [0.29, 0.717) is 5.15 Å². The van der Waals surface area contributed by atoms with Crippen LogP contribution >= 0.6 is 23.4 Å². The second-order valence-corrected chi connectivity index (χ2v) is 4.68. The van der Waals surface area contributed by atoms with E-state index in [0.717, 1.165) is 30.4 Å². The highest BCUT2D eigenvalue weighted by Gasteiger charge is 2.00. The Kier molecular flexibility index (Phi) is 6.06. The van der Waals surface area contributed by atoms with Crippen LogP contribution in [-0.2, 0) is 0 Å². The number of rotatable bonds is 6. The second-order valence-electron chi connectivity index (χ2n) is 3.17. The van der Waals surface area contributed by atoms with Gasteiger partial charge in [0.1, 0.15) is 5.15 Å². The van der Waals surface area contributed by atoms with Crippen LogP contribution in [0.4, 0.5) is 0 Å². The Morgan fingerprint density at radius 1 is 1.33 bits per heavy atom. The maximum atomic E-state index is 5.81. The number of hydrogen-bond donors (Lipinski definition) is 0. The Balaban J connectivity index is 2.31. The summed E-state index contributed by atoms with van der Waals surface area (Å²) in [7, 11) is 0. The van der Waals surface area contributed by atoms with Gasteiger partial charge in [0.2, 0.25) is 0 Å². The normalized spacial score (nSPS) is 10.9. The summed E-state index contributed by atoms with van der Waals surface area (Å²) in [6.07, 6.45) is 0. The van der Waals surface area contributed by atoms with E-state index in [1.54, 1.807) is 17.8 Å². The number of thioether (sulfide) groups is 1. The molecule has 0 radical (unpaired) electrons. The van der Waals surface area contributed by atoms with Crippen LogP contribution in [0.2, 0.25) is 5.15 Å². The van der Waals surface area contributed by atoms with E-state index in [-0.39, 0.29) is 0 Å². The Labute approximate surface area is 101 Å². The van der Waals surface area contributed by atoms with Crippen molar-refractivity contribution < 1.29 is 0 Å². The molecular weight excluding hydrogens is 228 g/mol. The zero-order valence-corrected chi connectivity index (χ0v) is 10.8. The van der Waals surface area contributed by atoms with Gasteiger partial charge in [-0.2, -0.15) is 0 Å². The molecule has 0 atom stereocenters. The third-order valence-electron chi connectivity index (χ3n) is 2.24. The maximum Gasteiger partial charge on any atom is 0.130 e. The number of halogens is 1. The van der Waals surface area contributed by atoms with E-state index < -0.39 is 0 Å². The SMILES string of the molecule is CCN(CC)CCSc1cccc(Cl)n1. The Hall–Kier alpha value is -0.250. The largest absolute Gasteiger partial charge is 0.303 e. The van der Waals surface area contributed by atoms with E-state index >= 15 is 0 Å². The summed E-state index contributed by atoms with van der Waals surface area (Å²) in [6, 6.07) is 5.74. The topological polar surface area (TPSA) is 16.1 Å². The molecule has 1 rings (SSSR count). The van der Waals surface area contributed by atoms with Gasteiger partial charge in [-0.05, 0) is 25.2 Å². The lowest BCUT2D eigenvalue weighted by Crippen LogP contribution is -2.25. The summed E-state index contributed by atoms with van der Waals surface area (Å²) in [5.74, 6) is 1.06. The molecule has 1 aromatic heterocycles. The standard InChI is InChI=1S/C11H17ClN2S/c1-3-14(4-2)8-9-15-11-7-5-6-10(12)13-11/h5-7H,3-4,8-9H2,1-2H3. The first-order chi connectivity index (χ1) is 7.26. The molecule has 0 saturated heterocycles. The summed E-state index contributed by atoms with van der Waals surface area (Å²) in [6.45, 7) is 7.70. The molecular formula is C11H17ClN2S. The number of pyridine rings is 1. The first-order valence-corrected chi connectivity index (χ1v) is 6.60. The minimum atomic E-state index is 0.572. The van der Waals surface area contributed by atoms with Crippen molar-refractivity contribution in [2.45, 2.75) is 18.9 Å². The van der Waals surface area contributed by atoms with Gasteiger partial charge in [-0.15, -0.1) is 11.8 Å². The highest BCUT2D eigenvalue weighted by molar-refractivity contribution is 7.99. The van der Waals surface area contributed by atoms with Gasteiger partial charge in [0.25, 0.3) is 0 Å². The van der Waals surface area contributed by atoms with E-state index in [9.17, 15) is 0 Å². The molecule has 2 nitrogen and oxygen atoms in total. The summed E-state index contributed by atoms with van der Waals surface area (Å²) < 4.78 is 0. The van der Waals surface area contributed by atoms with Gasteiger partial charge in [-0.25, -0.2) is 4.98 Å².